The number of rotatable bonds is 4. The molecule has 1 saturated carbocycles. The molecule has 0 saturated heterocycles. The number of hydrogen-bond donors (Lipinski definition) is 2. The van der Waals surface area contributed by atoms with Gasteiger partial charge in [-0.05, 0) is 31.1 Å². The highest BCUT2D eigenvalue weighted by atomic mass is 16.4. The third-order valence-electron chi connectivity index (χ3n) is 3.35. The fourth-order valence-electron chi connectivity index (χ4n) is 2.49. The highest BCUT2D eigenvalue weighted by Gasteiger charge is 2.30. The average molecular weight is 213 g/mol. The fraction of sp³-hybridized carbons (Fsp3) is 0.917. The molecule has 1 aliphatic carbocycles. The van der Waals surface area contributed by atoms with Crippen LogP contribution in [0.4, 0.5) is 0 Å². The van der Waals surface area contributed by atoms with Crippen molar-refractivity contribution in [1.82, 2.24) is 5.32 Å². The van der Waals surface area contributed by atoms with Crippen LogP contribution in [0.25, 0.3) is 0 Å². The standard InChI is InChI=1S/C12H23NO2/c1-4-10(11(14)15)13-9-6-5-7-12(2,3)8-9/h9-10,13H,4-8H2,1-3H3,(H,14,15). The largest absolute Gasteiger partial charge is 0.480 e. The molecule has 0 aromatic carbocycles. The van der Waals surface area contributed by atoms with Crippen molar-refractivity contribution in [2.75, 3.05) is 0 Å². The minimum atomic E-state index is -0.721. The molecule has 0 bridgehead atoms. The molecule has 0 heterocycles. The third kappa shape index (κ3) is 3.82. The molecule has 1 fully saturated rings. The summed E-state index contributed by atoms with van der Waals surface area (Å²) in [5.41, 5.74) is 0.368. The Balaban J connectivity index is 2.47. The highest BCUT2D eigenvalue weighted by molar-refractivity contribution is 5.73. The lowest BCUT2D eigenvalue weighted by Gasteiger charge is -2.36. The zero-order valence-corrected chi connectivity index (χ0v) is 10.0. The molecule has 2 unspecified atom stereocenters. The van der Waals surface area contributed by atoms with Gasteiger partial charge in [0, 0.05) is 6.04 Å². The van der Waals surface area contributed by atoms with Crippen molar-refractivity contribution < 1.29 is 9.90 Å². The van der Waals surface area contributed by atoms with Crippen molar-refractivity contribution in [2.45, 2.75) is 65.0 Å². The average Bonchev–Trinajstić information content (AvgIpc) is 2.12. The predicted octanol–water partition coefficient (Wildman–Crippen LogP) is 2.41. The molecule has 0 aliphatic heterocycles. The van der Waals surface area contributed by atoms with E-state index in [9.17, 15) is 4.79 Å². The summed E-state index contributed by atoms with van der Waals surface area (Å²) >= 11 is 0. The first-order valence-electron chi connectivity index (χ1n) is 5.93. The van der Waals surface area contributed by atoms with Gasteiger partial charge in [0.2, 0.25) is 0 Å². The summed E-state index contributed by atoms with van der Waals surface area (Å²) in [6, 6.07) is 0.0127. The first kappa shape index (κ1) is 12.5. The zero-order chi connectivity index (χ0) is 11.5. The second-order valence-electron chi connectivity index (χ2n) is 5.42. The lowest BCUT2D eigenvalue weighted by molar-refractivity contribution is -0.139. The van der Waals surface area contributed by atoms with Crippen molar-refractivity contribution in [3.63, 3.8) is 0 Å². The van der Waals surface area contributed by atoms with Gasteiger partial charge in [-0.1, -0.05) is 27.2 Å². The van der Waals surface area contributed by atoms with E-state index in [1.165, 1.54) is 12.8 Å². The Hall–Kier alpha value is -0.570. The van der Waals surface area contributed by atoms with E-state index in [1.807, 2.05) is 6.92 Å². The normalized spacial score (nSPS) is 27.3. The molecule has 1 rings (SSSR count). The third-order valence-corrected chi connectivity index (χ3v) is 3.35. The Morgan fingerprint density at radius 3 is 2.73 bits per heavy atom. The molecule has 15 heavy (non-hydrogen) atoms. The molecule has 88 valence electrons. The lowest BCUT2D eigenvalue weighted by Crippen LogP contribution is -2.46. The molecule has 0 aromatic rings. The summed E-state index contributed by atoms with van der Waals surface area (Å²) in [4.78, 5) is 10.9. The van der Waals surface area contributed by atoms with Crippen LogP contribution in [0.15, 0.2) is 0 Å². The number of hydrogen-bond acceptors (Lipinski definition) is 2. The molecule has 0 radical (unpaired) electrons. The van der Waals surface area contributed by atoms with Gasteiger partial charge in [0.05, 0.1) is 0 Å². The Kier molecular flexibility index (Phi) is 4.14. The number of carboxylic acid groups (broad SMARTS) is 1. The molecule has 0 amide bonds. The summed E-state index contributed by atoms with van der Waals surface area (Å²) < 4.78 is 0. The minimum Gasteiger partial charge on any atom is -0.480 e. The van der Waals surface area contributed by atoms with E-state index in [1.54, 1.807) is 0 Å². The van der Waals surface area contributed by atoms with E-state index in [0.29, 0.717) is 17.9 Å². The van der Waals surface area contributed by atoms with Crippen molar-refractivity contribution >= 4 is 5.97 Å². The van der Waals surface area contributed by atoms with Crippen molar-refractivity contribution in [1.29, 1.82) is 0 Å². The number of aliphatic carboxylic acids is 1. The van der Waals surface area contributed by atoms with E-state index >= 15 is 0 Å². The molecule has 1 aliphatic rings. The summed E-state index contributed by atoms with van der Waals surface area (Å²) in [7, 11) is 0. The van der Waals surface area contributed by atoms with Crippen LogP contribution in [0.5, 0.6) is 0 Å². The van der Waals surface area contributed by atoms with Crippen molar-refractivity contribution in [3.8, 4) is 0 Å². The smallest absolute Gasteiger partial charge is 0.320 e. The Morgan fingerprint density at radius 1 is 1.60 bits per heavy atom. The van der Waals surface area contributed by atoms with Gasteiger partial charge in [0.15, 0.2) is 0 Å². The van der Waals surface area contributed by atoms with Crippen LogP contribution in [-0.4, -0.2) is 23.2 Å². The van der Waals surface area contributed by atoms with Crippen LogP contribution in [0.3, 0.4) is 0 Å². The predicted molar refractivity (Wildman–Crippen MR) is 60.9 cm³/mol. The van der Waals surface area contributed by atoms with Gasteiger partial charge >= 0.3 is 5.97 Å². The van der Waals surface area contributed by atoms with Gasteiger partial charge in [-0.3, -0.25) is 4.79 Å². The zero-order valence-electron chi connectivity index (χ0n) is 10.0. The monoisotopic (exact) mass is 213 g/mol. The van der Waals surface area contributed by atoms with Crippen LogP contribution in [0.1, 0.15) is 52.9 Å². The maximum Gasteiger partial charge on any atom is 0.320 e. The minimum absolute atomic E-state index is 0.368. The van der Waals surface area contributed by atoms with Gasteiger partial charge in [-0.25, -0.2) is 0 Å². The van der Waals surface area contributed by atoms with E-state index in [0.717, 1.165) is 12.8 Å². The molecule has 0 aromatic heterocycles. The summed E-state index contributed by atoms with van der Waals surface area (Å²) in [6.45, 7) is 6.45. The quantitative estimate of drug-likeness (QED) is 0.754. The maximum atomic E-state index is 10.9. The second kappa shape index (κ2) is 4.97. The summed E-state index contributed by atoms with van der Waals surface area (Å²) in [5.74, 6) is -0.721. The van der Waals surface area contributed by atoms with E-state index in [4.69, 9.17) is 5.11 Å². The van der Waals surface area contributed by atoms with Crippen LogP contribution < -0.4 is 5.32 Å². The molecule has 2 N–H and O–H groups in total. The molecule has 0 spiro atoms. The van der Waals surface area contributed by atoms with Crippen molar-refractivity contribution in [2.24, 2.45) is 5.41 Å². The Morgan fingerprint density at radius 2 is 2.27 bits per heavy atom. The van der Waals surface area contributed by atoms with Crippen molar-refractivity contribution in [3.05, 3.63) is 0 Å². The SMILES string of the molecule is CCC(NC1CCCC(C)(C)C1)C(=O)O. The molecular formula is C12H23NO2. The second-order valence-corrected chi connectivity index (χ2v) is 5.42. The molecule has 3 nitrogen and oxygen atoms in total. The highest BCUT2D eigenvalue weighted by Crippen LogP contribution is 2.35. The summed E-state index contributed by atoms with van der Waals surface area (Å²) in [5, 5.41) is 12.2. The molecular weight excluding hydrogens is 190 g/mol. The van der Waals surface area contributed by atoms with E-state index in [-0.39, 0.29) is 6.04 Å². The number of nitrogens with one attached hydrogen (secondary N) is 1. The molecule has 3 heteroatoms. The van der Waals surface area contributed by atoms with Gasteiger partial charge in [-0.15, -0.1) is 0 Å². The Bertz CT molecular complexity index is 226. The fourth-order valence-corrected chi connectivity index (χ4v) is 2.49. The number of carboxylic acids is 1. The van der Waals surface area contributed by atoms with Gasteiger partial charge in [0.25, 0.3) is 0 Å². The number of carbonyl (C=O) groups is 1. The van der Waals surface area contributed by atoms with Gasteiger partial charge in [-0.2, -0.15) is 0 Å². The van der Waals surface area contributed by atoms with Crippen LogP contribution in [0, 0.1) is 5.41 Å². The molecule has 2 atom stereocenters. The van der Waals surface area contributed by atoms with Gasteiger partial charge in [0.1, 0.15) is 6.04 Å². The first-order chi connectivity index (χ1) is 6.94. The van der Waals surface area contributed by atoms with Gasteiger partial charge < -0.3 is 10.4 Å². The summed E-state index contributed by atoms with van der Waals surface area (Å²) in [6.07, 6.45) is 5.34. The topological polar surface area (TPSA) is 49.3 Å². The van der Waals surface area contributed by atoms with Crippen LogP contribution in [-0.2, 0) is 4.79 Å². The lowest BCUT2D eigenvalue weighted by atomic mass is 9.75. The van der Waals surface area contributed by atoms with E-state index < -0.39 is 5.97 Å². The first-order valence-corrected chi connectivity index (χ1v) is 5.93. The van der Waals surface area contributed by atoms with E-state index in [2.05, 4.69) is 19.2 Å². The van der Waals surface area contributed by atoms with Crippen LogP contribution in [0.2, 0.25) is 0 Å². The van der Waals surface area contributed by atoms with Crippen LogP contribution >= 0.6 is 0 Å². The maximum absolute atomic E-state index is 10.9. The Labute approximate surface area is 92.3 Å².